The number of benzene rings is 1. The van der Waals surface area contributed by atoms with E-state index in [1.807, 2.05) is 6.07 Å². The predicted octanol–water partition coefficient (Wildman–Crippen LogP) is 3.56. The van der Waals surface area contributed by atoms with Gasteiger partial charge in [0.1, 0.15) is 0 Å². The Balaban J connectivity index is 1.46. The maximum atomic E-state index is 13.0. The first kappa shape index (κ1) is 20.7. The number of pyridine rings is 2. The Morgan fingerprint density at radius 2 is 1.74 bits per heavy atom. The molecular formula is C23H22N4O3S. The van der Waals surface area contributed by atoms with Crippen molar-refractivity contribution in [2.75, 3.05) is 23.3 Å². The molecule has 2 aromatic heterocycles. The molecule has 0 aliphatic carbocycles. The fourth-order valence-electron chi connectivity index (χ4n) is 3.39. The number of carbonyl (C=O) groups is 1. The quantitative estimate of drug-likeness (QED) is 0.597. The molecule has 1 aliphatic heterocycles. The number of aromatic nitrogens is 2. The van der Waals surface area contributed by atoms with E-state index < -0.39 is 9.84 Å². The van der Waals surface area contributed by atoms with Crippen LogP contribution in [0.1, 0.15) is 18.4 Å². The molecular weight excluding hydrogens is 412 g/mol. The summed E-state index contributed by atoms with van der Waals surface area (Å²) in [6.07, 6.45) is 11.6. The minimum absolute atomic E-state index is 0.150. The molecule has 0 spiro atoms. The van der Waals surface area contributed by atoms with Gasteiger partial charge in [0.05, 0.1) is 21.7 Å². The van der Waals surface area contributed by atoms with Crippen molar-refractivity contribution in [2.45, 2.75) is 22.6 Å². The summed E-state index contributed by atoms with van der Waals surface area (Å²) in [5.74, 6) is -0.318. The second-order valence-corrected chi connectivity index (χ2v) is 9.16. The number of nitrogens with one attached hydrogen (secondary N) is 1. The predicted molar refractivity (Wildman–Crippen MR) is 119 cm³/mol. The van der Waals surface area contributed by atoms with Crippen LogP contribution in [0.2, 0.25) is 0 Å². The molecule has 1 N–H and O–H groups in total. The molecule has 7 nitrogen and oxygen atoms in total. The molecule has 0 unspecified atom stereocenters. The fraction of sp³-hybridized carbons (Fsp3) is 0.174. The molecule has 1 saturated heterocycles. The van der Waals surface area contributed by atoms with Gasteiger partial charge in [0.15, 0.2) is 0 Å². The lowest BCUT2D eigenvalue weighted by Crippen LogP contribution is -2.18. The normalized spacial score (nSPS) is 14.1. The van der Waals surface area contributed by atoms with E-state index in [0.29, 0.717) is 5.69 Å². The zero-order valence-corrected chi connectivity index (χ0v) is 17.6. The number of amides is 1. The van der Waals surface area contributed by atoms with Gasteiger partial charge in [-0.15, -0.1) is 0 Å². The van der Waals surface area contributed by atoms with Gasteiger partial charge in [0.25, 0.3) is 0 Å². The van der Waals surface area contributed by atoms with Crippen LogP contribution in [0.3, 0.4) is 0 Å². The summed E-state index contributed by atoms with van der Waals surface area (Å²) in [5, 5.41) is 2.72. The first-order valence-electron chi connectivity index (χ1n) is 9.97. The van der Waals surface area contributed by atoms with Crippen molar-refractivity contribution in [1.82, 2.24) is 9.97 Å². The highest BCUT2D eigenvalue weighted by Gasteiger charge is 2.21. The Morgan fingerprint density at radius 1 is 0.968 bits per heavy atom. The van der Waals surface area contributed by atoms with Crippen molar-refractivity contribution in [1.29, 1.82) is 0 Å². The number of anilines is 2. The van der Waals surface area contributed by atoms with Gasteiger partial charge in [-0.25, -0.2) is 8.42 Å². The zero-order chi connectivity index (χ0) is 21.7. The van der Waals surface area contributed by atoms with Crippen LogP contribution < -0.4 is 10.2 Å². The SMILES string of the molecule is O=C(C=Cc1cccnc1)Nc1ccc(S(=O)(=O)c2cncc(N3CCCC3)c2)cc1. The van der Waals surface area contributed by atoms with E-state index in [1.165, 1.54) is 24.4 Å². The van der Waals surface area contributed by atoms with Gasteiger partial charge in [-0.3, -0.25) is 14.8 Å². The van der Waals surface area contributed by atoms with Crippen molar-refractivity contribution in [3.8, 4) is 0 Å². The highest BCUT2D eigenvalue weighted by Crippen LogP contribution is 2.26. The molecule has 8 heteroatoms. The standard InChI is InChI=1S/C23H22N4O3S/c28-23(10-5-18-4-3-11-24-15-18)26-19-6-8-21(9-7-19)31(29,30)22-14-20(16-25-17-22)27-12-1-2-13-27/h3-11,14-17H,1-2,12-13H2,(H,26,28). The minimum atomic E-state index is -3.71. The summed E-state index contributed by atoms with van der Waals surface area (Å²) >= 11 is 0. The fourth-order valence-corrected chi connectivity index (χ4v) is 4.63. The second kappa shape index (κ2) is 9.09. The molecule has 3 aromatic rings. The van der Waals surface area contributed by atoms with Crippen molar-refractivity contribution in [2.24, 2.45) is 0 Å². The van der Waals surface area contributed by atoms with Crippen LogP contribution in [-0.4, -0.2) is 37.4 Å². The Kier molecular flexibility index (Phi) is 6.08. The van der Waals surface area contributed by atoms with Crippen LogP contribution in [0.25, 0.3) is 6.08 Å². The average molecular weight is 435 g/mol. The van der Waals surface area contributed by atoms with Crippen molar-refractivity contribution in [3.63, 3.8) is 0 Å². The molecule has 1 fully saturated rings. The van der Waals surface area contributed by atoms with E-state index in [1.54, 1.807) is 48.9 Å². The molecule has 1 aliphatic rings. The Morgan fingerprint density at radius 3 is 2.45 bits per heavy atom. The zero-order valence-electron chi connectivity index (χ0n) is 16.8. The second-order valence-electron chi connectivity index (χ2n) is 7.21. The maximum absolute atomic E-state index is 13.0. The first-order valence-corrected chi connectivity index (χ1v) is 11.4. The number of nitrogens with zero attached hydrogens (tertiary/aromatic N) is 3. The third-order valence-electron chi connectivity index (χ3n) is 5.02. The van der Waals surface area contributed by atoms with Gasteiger partial charge in [-0.2, -0.15) is 0 Å². The molecule has 1 aromatic carbocycles. The van der Waals surface area contributed by atoms with Crippen LogP contribution >= 0.6 is 0 Å². The molecule has 4 rings (SSSR count). The van der Waals surface area contributed by atoms with E-state index in [-0.39, 0.29) is 15.7 Å². The molecule has 0 radical (unpaired) electrons. The lowest BCUT2D eigenvalue weighted by atomic mass is 10.2. The summed E-state index contributed by atoms with van der Waals surface area (Å²) in [7, 11) is -3.71. The van der Waals surface area contributed by atoms with E-state index >= 15 is 0 Å². The minimum Gasteiger partial charge on any atom is -0.370 e. The van der Waals surface area contributed by atoms with E-state index in [0.717, 1.165) is 37.2 Å². The summed E-state index contributed by atoms with van der Waals surface area (Å²) in [4.78, 5) is 22.7. The Bertz CT molecular complexity index is 1190. The molecule has 158 valence electrons. The average Bonchev–Trinajstić information content (AvgIpc) is 3.34. The summed E-state index contributed by atoms with van der Waals surface area (Å²) in [6.45, 7) is 1.82. The smallest absolute Gasteiger partial charge is 0.248 e. The number of carbonyl (C=O) groups excluding carboxylic acids is 1. The number of hydrogen-bond acceptors (Lipinski definition) is 6. The Hall–Kier alpha value is -3.52. The third kappa shape index (κ3) is 4.97. The lowest BCUT2D eigenvalue weighted by molar-refractivity contribution is -0.111. The summed E-state index contributed by atoms with van der Waals surface area (Å²) < 4.78 is 26.1. The molecule has 1 amide bonds. The van der Waals surface area contributed by atoms with E-state index in [2.05, 4.69) is 20.2 Å². The van der Waals surface area contributed by atoms with Gasteiger partial charge >= 0.3 is 0 Å². The molecule has 0 atom stereocenters. The topological polar surface area (TPSA) is 92.3 Å². The highest BCUT2D eigenvalue weighted by molar-refractivity contribution is 7.91. The molecule has 0 bridgehead atoms. The number of hydrogen-bond donors (Lipinski definition) is 1. The van der Waals surface area contributed by atoms with Gasteiger partial charge in [0.2, 0.25) is 15.7 Å². The molecule has 31 heavy (non-hydrogen) atoms. The van der Waals surface area contributed by atoms with Gasteiger partial charge in [-0.1, -0.05) is 6.07 Å². The number of sulfone groups is 1. The monoisotopic (exact) mass is 434 g/mol. The maximum Gasteiger partial charge on any atom is 0.248 e. The van der Waals surface area contributed by atoms with Crippen molar-refractivity contribution >= 4 is 33.2 Å². The van der Waals surface area contributed by atoms with Crippen LogP contribution in [-0.2, 0) is 14.6 Å². The summed E-state index contributed by atoms with van der Waals surface area (Å²) in [6, 6.07) is 11.4. The Labute approximate surface area is 181 Å². The molecule has 0 saturated carbocycles. The van der Waals surface area contributed by atoms with Crippen LogP contribution in [0.15, 0.2) is 83.1 Å². The summed E-state index contributed by atoms with van der Waals surface area (Å²) in [5.41, 5.74) is 2.13. The van der Waals surface area contributed by atoms with Crippen molar-refractivity contribution < 1.29 is 13.2 Å². The van der Waals surface area contributed by atoms with Gasteiger partial charge in [0, 0.05) is 43.4 Å². The van der Waals surface area contributed by atoms with E-state index in [9.17, 15) is 13.2 Å². The van der Waals surface area contributed by atoms with Crippen LogP contribution in [0.4, 0.5) is 11.4 Å². The molecule has 3 heterocycles. The van der Waals surface area contributed by atoms with Crippen LogP contribution in [0.5, 0.6) is 0 Å². The van der Waals surface area contributed by atoms with Gasteiger partial charge < -0.3 is 10.2 Å². The highest BCUT2D eigenvalue weighted by atomic mass is 32.2. The number of rotatable bonds is 6. The van der Waals surface area contributed by atoms with Crippen molar-refractivity contribution in [3.05, 3.63) is 78.9 Å². The lowest BCUT2D eigenvalue weighted by Gasteiger charge is -2.17. The first-order chi connectivity index (χ1) is 15.0. The third-order valence-corrected chi connectivity index (χ3v) is 6.76. The van der Waals surface area contributed by atoms with E-state index in [4.69, 9.17) is 0 Å². The van der Waals surface area contributed by atoms with Gasteiger partial charge in [-0.05, 0) is 60.9 Å². The largest absolute Gasteiger partial charge is 0.370 e. The van der Waals surface area contributed by atoms with Crippen LogP contribution in [0, 0.1) is 0 Å².